The van der Waals surface area contributed by atoms with Gasteiger partial charge in [-0.15, -0.1) is 0 Å². The van der Waals surface area contributed by atoms with Crippen molar-refractivity contribution < 1.29 is 14.6 Å². The standard InChI is InChI=1S/C15H21NO3/c1-10(2)19-14-7-13(8-14)16-9-11-3-5-12(6-4-11)15(17)18/h3-6,10,13-14,16H,7-9H2,1-2H3,(H,17,18). The van der Waals surface area contributed by atoms with Crippen LogP contribution in [0.25, 0.3) is 0 Å². The quantitative estimate of drug-likeness (QED) is 0.827. The molecule has 4 heteroatoms. The van der Waals surface area contributed by atoms with Crippen LogP contribution in [-0.4, -0.2) is 29.3 Å². The molecule has 0 saturated heterocycles. The minimum absolute atomic E-state index is 0.300. The molecule has 0 spiro atoms. The summed E-state index contributed by atoms with van der Waals surface area (Å²) in [7, 11) is 0. The molecule has 2 N–H and O–H groups in total. The van der Waals surface area contributed by atoms with Gasteiger partial charge in [0.15, 0.2) is 0 Å². The smallest absolute Gasteiger partial charge is 0.335 e. The van der Waals surface area contributed by atoms with E-state index in [-0.39, 0.29) is 0 Å². The minimum Gasteiger partial charge on any atom is -0.478 e. The Kier molecular flexibility index (Phi) is 4.56. The lowest BCUT2D eigenvalue weighted by atomic mass is 9.89. The molecule has 1 fully saturated rings. The Hall–Kier alpha value is -1.39. The highest BCUT2D eigenvalue weighted by molar-refractivity contribution is 5.87. The van der Waals surface area contributed by atoms with Gasteiger partial charge in [0.25, 0.3) is 0 Å². The lowest BCUT2D eigenvalue weighted by Gasteiger charge is -2.37. The third kappa shape index (κ3) is 4.04. The van der Waals surface area contributed by atoms with Gasteiger partial charge in [-0.1, -0.05) is 12.1 Å². The Morgan fingerprint density at radius 3 is 2.53 bits per heavy atom. The predicted octanol–water partition coefficient (Wildman–Crippen LogP) is 2.43. The normalized spacial score (nSPS) is 22.3. The van der Waals surface area contributed by atoms with E-state index < -0.39 is 5.97 Å². The van der Waals surface area contributed by atoms with Crippen molar-refractivity contribution in [3.63, 3.8) is 0 Å². The van der Waals surface area contributed by atoms with Crippen molar-refractivity contribution in [2.24, 2.45) is 0 Å². The van der Waals surface area contributed by atoms with Crippen LogP contribution >= 0.6 is 0 Å². The first-order valence-corrected chi connectivity index (χ1v) is 6.75. The number of carbonyl (C=O) groups is 1. The summed E-state index contributed by atoms with van der Waals surface area (Å²) in [5.74, 6) is -0.882. The van der Waals surface area contributed by atoms with Crippen LogP contribution < -0.4 is 5.32 Å². The molecule has 0 amide bonds. The maximum Gasteiger partial charge on any atom is 0.335 e. The maximum absolute atomic E-state index is 10.7. The first kappa shape index (κ1) is 14.0. The number of ether oxygens (including phenoxy) is 1. The molecular formula is C15H21NO3. The third-order valence-electron chi connectivity index (χ3n) is 3.36. The second-order valence-electron chi connectivity index (χ2n) is 5.36. The van der Waals surface area contributed by atoms with Crippen molar-refractivity contribution in [2.45, 2.75) is 51.5 Å². The SMILES string of the molecule is CC(C)OC1CC(NCc2ccc(C(=O)O)cc2)C1. The molecule has 19 heavy (non-hydrogen) atoms. The fraction of sp³-hybridized carbons (Fsp3) is 0.533. The summed E-state index contributed by atoms with van der Waals surface area (Å²) in [6, 6.07) is 7.52. The number of carboxylic acid groups (broad SMARTS) is 1. The van der Waals surface area contributed by atoms with Gasteiger partial charge in [-0.3, -0.25) is 0 Å². The lowest BCUT2D eigenvalue weighted by molar-refractivity contribution is -0.0500. The van der Waals surface area contributed by atoms with Gasteiger partial charge in [0, 0.05) is 12.6 Å². The van der Waals surface area contributed by atoms with E-state index in [4.69, 9.17) is 9.84 Å². The Morgan fingerprint density at radius 2 is 2.00 bits per heavy atom. The summed E-state index contributed by atoms with van der Waals surface area (Å²) in [5.41, 5.74) is 1.44. The number of aromatic carboxylic acids is 1. The van der Waals surface area contributed by atoms with Crippen LogP contribution in [0.3, 0.4) is 0 Å². The van der Waals surface area contributed by atoms with E-state index in [0.29, 0.717) is 23.8 Å². The zero-order valence-corrected chi connectivity index (χ0v) is 11.4. The van der Waals surface area contributed by atoms with Gasteiger partial charge in [-0.2, -0.15) is 0 Å². The van der Waals surface area contributed by atoms with Crippen LogP contribution in [0.2, 0.25) is 0 Å². The van der Waals surface area contributed by atoms with Crippen molar-refractivity contribution in [1.29, 1.82) is 0 Å². The predicted molar refractivity (Wildman–Crippen MR) is 73.3 cm³/mol. The van der Waals surface area contributed by atoms with Gasteiger partial charge >= 0.3 is 5.97 Å². The van der Waals surface area contributed by atoms with Crippen LogP contribution in [0.1, 0.15) is 42.6 Å². The van der Waals surface area contributed by atoms with E-state index in [1.54, 1.807) is 12.1 Å². The van der Waals surface area contributed by atoms with E-state index in [2.05, 4.69) is 19.2 Å². The van der Waals surface area contributed by atoms with Crippen molar-refractivity contribution >= 4 is 5.97 Å². The summed E-state index contributed by atoms with van der Waals surface area (Å²) >= 11 is 0. The number of nitrogens with one attached hydrogen (secondary N) is 1. The molecule has 1 saturated carbocycles. The molecule has 0 unspecified atom stereocenters. The van der Waals surface area contributed by atoms with Crippen LogP contribution in [0.5, 0.6) is 0 Å². The molecule has 0 bridgehead atoms. The molecule has 1 aromatic carbocycles. The molecule has 104 valence electrons. The summed E-state index contributed by atoms with van der Waals surface area (Å²) < 4.78 is 5.71. The molecule has 1 aliphatic carbocycles. The van der Waals surface area contributed by atoms with E-state index in [0.717, 1.165) is 24.9 Å². The fourth-order valence-electron chi connectivity index (χ4n) is 2.26. The van der Waals surface area contributed by atoms with Gasteiger partial charge in [-0.05, 0) is 44.4 Å². The molecule has 0 radical (unpaired) electrons. The second-order valence-corrected chi connectivity index (χ2v) is 5.36. The summed E-state index contributed by atoms with van der Waals surface area (Å²) in [6.07, 6.45) is 2.82. The number of carboxylic acids is 1. The average Bonchev–Trinajstić information content (AvgIpc) is 2.32. The van der Waals surface area contributed by atoms with Crippen LogP contribution in [0.4, 0.5) is 0 Å². The Morgan fingerprint density at radius 1 is 1.37 bits per heavy atom. The summed E-state index contributed by atoms with van der Waals surface area (Å²) in [5, 5.41) is 12.3. The number of benzene rings is 1. The summed E-state index contributed by atoms with van der Waals surface area (Å²) in [6.45, 7) is 4.90. The molecular weight excluding hydrogens is 242 g/mol. The molecule has 0 aromatic heterocycles. The van der Waals surface area contributed by atoms with Gasteiger partial charge in [0.1, 0.15) is 0 Å². The average molecular weight is 263 g/mol. The van der Waals surface area contributed by atoms with E-state index in [9.17, 15) is 4.79 Å². The van der Waals surface area contributed by atoms with Gasteiger partial charge < -0.3 is 15.2 Å². The van der Waals surface area contributed by atoms with Crippen LogP contribution in [0, 0.1) is 0 Å². The van der Waals surface area contributed by atoms with Crippen molar-refractivity contribution in [3.8, 4) is 0 Å². The Labute approximate surface area is 113 Å². The Balaban J connectivity index is 1.71. The molecule has 0 aliphatic heterocycles. The van der Waals surface area contributed by atoms with Gasteiger partial charge in [0.05, 0.1) is 17.8 Å². The zero-order chi connectivity index (χ0) is 13.8. The van der Waals surface area contributed by atoms with Gasteiger partial charge in [-0.25, -0.2) is 4.79 Å². The van der Waals surface area contributed by atoms with Crippen molar-refractivity contribution in [1.82, 2.24) is 5.32 Å². The molecule has 1 aliphatic rings. The highest BCUT2D eigenvalue weighted by Gasteiger charge is 2.29. The highest BCUT2D eigenvalue weighted by Crippen LogP contribution is 2.24. The molecule has 0 heterocycles. The summed E-state index contributed by atoms with van der Waals surface area (Å²) in [4.78, 5) is 10.7. The maximum atomic E-state index is 10.7. The number of hydrogen-bond acceptors (Lipinski definition) is 3. The van der Waals surface area contributed by atoms with Crippen molar-refractivity contribution in [2.75, 3.05) is 0 Å². The zero-order valence-electron chi connectivity index (χ0n) is 11.4. The molecule has 0 atom stereocenters. The monoisotopic (exact) mass is 263 g/mol. The number of hydrogen-bond donors (Lipinski definition) is 2. The largest absolute Gasteiger partial charge is 0.478 e. The van der Waals surface area contributed by atoms with E-state index in [1.165, 1.54) is 0 Å². The van der Waals surface area contributed by atoms with E-state index in [1.807, 2.05) is 12.1 Å². The van der Waals surface area contributed by atoms with Crippen LogP contribution in [0.15, 0.2) is 24.3 Å². The first-order chi connectivity index (χ1) is 9.04. The second kappa shape index (κ2) is 6.17. The fourth-order valence-corrected chi connectivity index (χ4v) is 2.26. The van der Waals surface area contributed by atoms with E-state index >= 15 is 0 Å². The molecule has 4 nitrogen and oxygen atoms in total. The van der Waals surface area contributed by atoms with Crippen molar-refractivity contribution in [3.05, 3.63) is 35.4 Å². The minimum atomic E-state index is -0.882. The Bertz CT molecular complexity index is 422. The topological polar surface area (TPSA) is 58.6 Å². The first-order valence-electron chi connectivity index (χ1n) is 6.75. The number of rotatable bonds is 6. The third-order valence-corrected chi connectivity index (χ3v) is 3.36. The lowest BCUT2D eigenvalue weighted by Crippen LogP contribution is -2.45. The molecule has 2 rings (SSSR count). The molecule has 1 aromatic rings. The van der Waals surface area contributed by atoms with Gasteiger partial charge in [0.2, 0.25) is 0 Å². The highest BCUT2D eigenvalue weighted by atomic mass is 16.5. The van der Waals surface area contributed by atoms with Crippen LogP contribution in [-0.2, 0) is 11.3 Å².